The van der Waals surface area contributed by atoms with Gasteiger partial charge in [0.15, 0.2) is 6.29 Å². The summed E-state index contributed by atoms with van der Waals surface area (Å²) in [5.41, 5.74) is -0.286. The highest BCUT2D eigenvalue weighted by atomic mass is 16.7. The largest absolute Gasteiger partial charge is 0.354 e. The molecule has 1 amide bonds. The van der Waals surface area contributed by atoms with Gasteiger partial charge in [0.05, 0.1) is 12.0 Å². The van der Waals surface area contributed by atoms with Crippen molar-refractivity contribution in [3.63, 3.8) is 0 Å². The van der Waals surface area contributed by atoms with Gasteiger partial charge in [0.25, 0.3) is 0 Å². The molecule has 1 aliphatic heterocycles. The molecular weight excluding hydrogens is 220 g/mol. The van der Waals surface area contributed by atoms with E-state index < -0.39 is 0 Å². The summed E-state index contributed by atoms with van der Waals surface area (Å²) < 4.78 is 10.1. The lowest BCUT2D eigenvalue weighted by atomic mass is 9.75. The summed E-state index contributed by atoms with van der Waals surface area (Å²) >= 11 is 0. The molecule has 0 radical (unpaired) electrons. The standard InChI is InChI=1S/C12H24N2O3/c1-9(2)12(5-6-13-8-12)11(15)14-7-10(16-3)17-4/h9-10,13H,5-8H2,1-4H3,(H,14,15). The van der Waals surface area contributed by atoms with Gasteiger partial charge in [-0.3, -0.25) is 4.79 Å². The van der Waals surface area contributed by atoms with E-state index in [1.165, 1.54) is 0 Å². The molecule has 2 N–H and O–H groups in total. The zero-order valence-electron chi connectivity index (χ0n) is 11.2. The molecular formula is C12H24N2O3. The van der Waals surface area contributed by atoms with Crippen molar-refractivity contribution in [1.29, 1.82) is 0 Å². The lowest BCUT2D eigenvalue weighted by molar-refractivity contribution is -0.137. The van der Waals surface area contributed by atoms with Crippen LogP contribution >= 0.6 is 0 Å². The minimum atomic E-state index is -0.377. The maximum Gasteiger partial charge on any atom is 0.227 e. The van der Waals surface area contributed by atoms with Crippen LogP contribution in [0.3, 0.4) is 0 Å². The lowest BCUT2D eigenvalue weighted by Crippen LogP contribution is -2.48. The maximum atomic E-state index is 12.3. The van der Waals surface area contributed by atoms with Crippen LogP contribution < -0.4 is 10.6 Å². The van der Waals surface area contributed by atoms with Crippen LogP contribution in [0.15, 0.2) is 0 Å². The Bertz CT molecular complexity index is 246. The quantitative estimate of drug-likeness (QED) is 0.662. The number of carbonyl (C=O) groups is 1. The molecule has 1 heterocycles. The molecule has 0 aromatic heterocycles. The van der Waals surface area contributed by atoms with E-state index in [1.807, 2.05) is 0 Å². The van der Waals surface area contributed by atoms with Crippen LogP contribution in [-0.2, 0) is 14.3 Å². The summed E-state index contributed by atoms with van der Waals surface area (Å²) in [7, 11) is 3.13. The van der Waals surface area contributed by atoms with Crippen LogP contribution in [0.5, 0.6) is 0 Å². The second kappa shape index (κ2) is 6.33. The number of nitrogens with one attached hydrogen (secondary N) is 2. The van der Waals surface area contributed by atoms with E-state index in [4.69, 9.17) is 9.47 Å². The van der Waals surface area contributed by atoms with E-state index in [2.05, 4.69) is 24.5 Å². The van der Waals surface area contributed by atoms with Gasteiger partial charge in [-0.05, 0) is 18.9 Å². The predicted octanol–water partition coefficient (Wildman–Crippen LogP) is 0.357. The monoisotopic (exact) mass is 244 g/mol. The number of amides is 1. The highest BCUT2D eigenvalue weighted by molar-refractivity contribution is 5.83. The average Bonchev–Trinajstić information content (AvgIpc) is 2.80. The van der Waals surface area contributed by atoms with Crippen LogP contribution in [0, 0.1) is 11.3 Å². The van der Waals surface area contributed by atoms with Gasteiger partial charge in [-0.2, -0.15) is 0 Å². The van der Waals surface area contributed by atoms with Crippen molar-refractivity contribution in [2.24, 2.45) is 11.3 Å². The molecule has 1 saturated heterocycles. The summed E-state index contributed by atoms with van der Waals surface area (Å²) in [6.45, 7) is 6.23. The fourth-order valence-corrected chi connectivity index (χ4v) is 2.28. The van der Waals surface area contributed by atoms with Crippen molar-refractivity contribution >= 4 is 5.91 Å². The molecule has 100 valence electrons. The van der Waals surface area contributed by atoms with E-state index >= 15 is 0 Å². The molecule has 0 aliphatic carbocycles. The Morgan fingerprint density at radius 3 is 2.47 bits per heavy atom. The van der Waals surface area contributed by atoms with Gasteiger partial charge in [-0.1, -0.05) is 13.8 Å². The maximum absolute atomic E-state index is 12.3. The van der Waals surface area contributed by atoms with E-state index in [0.29, 0.717) is 12.5 Å². The molecule has 5 heteroatoms. The van der Waals surface area contributed by atoms with Gasteiger partial charge in [0, 0.05) is 20.8 Å². The molecule has 1 aliphatic rings. The zero-order chi connectivity index (χ0) is 12.9. The lowest BCUT2D eigenvalue weighted by Gasteiger charge is -2.31. The molecule has 1 rings (SSSR count). The Morgan fingerprint density at radius 2 is 2.06 bits per heavy atom. The van der Waals surface area contributed by atoms with Crippen molar-refractivity contribution in [2.45, 2.75) is 26.6 Å². The van der Waals surface area contributed by atoms with Crippen molar-refractivity contribution < 1.29 is 14.3 Å². The number of rotatable bonds is 6. The topological polar surface area (TPSA) is 59.6 Å². The Kier molecular flexibility index (Phi) is 5.36. The fourth-order valence-electron chi connectivity index (χ4n) is 2.28. The normalized spacial score (nSPS) is 24.6. The van der Waals surface area contributed by atoms with Crippen molar-refractivity contribution in [3.05, 3.63) is 0 Å². The highest BCUT2D eigenvalue weighted by Gasteiger charge is 2.43. The van der Waals surface area contributed by atoms with Gasteiger partial charge >= 0.3 is 0 Å². The second-order valence-corrected chi connectivity index (χ2v) is 4.85. The summed E-state index contributed by atoms with van der Waals surface area (Å²) in [5, 5.41) is 6.19. The predicted molar refractivity (Wildman–Crippen MR) is 65.6 cm³/mol. The molecule has 0 aromatic carbocycles. The highest BCUT2D eigenvalue weighted by Crippen LogP contribution is 2.34. The van der Waals surface area contributed by atoms with Gasteiger partial charge in [0.1, 0.15) is 0 Å². The van der Waals surface area contributed by atoms with E-state index in [-0.39, 0.29) is 17.6 Å². The van der Waals surface area contributed by atoms with Crippen molar-refractivity contribution in [3.8, 4) is 0 Å². The molecule has 17 heavy (non-hydrogen) atoms. The Hall–Kier alpha value is -0.650. The summed E-state index contributed by atoms with van der Waals surface area (Å²) in [4.78, 5) is 12.3. The number of ether oxygens (including phenoxy) is 2. The third-order valence-electron chi connectivity index (χ3n) is 3.70. The van der Waals surface area contributed by atoms with E-state index in [0.717, 1.165) is 19.5 Å². The molecule has 0 spiro atoms. The number of methoxy groups -OCH3 is 2. The summed E-state index contributed by atoms with van der Waals surface area (Å²) in [6.07, 6.45) is 0.513. The van der Waals surface area contributed by atoms with Crippen LogP contribution in [0.1, 0.15) is 20.3 Å². The van der Waals surface area contributed by atoms with Gasteiger partial charge in [-0.15, -0.1) is 0 Å². The molecule has 0 aromatic rings. The minimum absolute atomic E-state index is 0.0941. The third-order valence-corrected chi connectivity index (χ3v) is 3.70. The van der Waals surface area contributed by atoms with Crippen LogP contribution in [0.25, 0.3) is 0 Å². The molecule has 0 bridgehead atoms. The third kappa shape index (κ3) is 3.18. The molecule has 1 atom stereocenters. The summed E-state index contributed by atoms with van der Waals surface area (Å²) in [5.74, 6) is 0.414. The van der Waals surface area contributed by atoms with E-state index in [9.17, 15) is 4.79 Å². The number of carbonyl (C=O) groups excluding carboxylic acids is 1. The first-order valence-corrected chi connectivity index (χ1v) is 6.11. The van der Waals surface area contributed by atoms with Crippen LogP contribution in [0.4, 0.5) is 0 Å². The molecule has 1 unspecified atom stereocenters. The first-order valence-electron chi connectivity index (χ1n) is 6.11. The van der Waals surface area contributed by atoms with Crippen LogP contribution in [-0.4, -0.2) is 46.1 Å². The Labute approximate surface area is 103 Å². The van der Waals surface area contributed by atoms with Crippen LogP contribution in [0.2, 0.25) is 0 Å². The Balaban J connectivity index is 2.55. The average molecular weight is 244 g/mol. The zero-order valence-corrected chi connectivity index (χ0v) is 11.2. The van der Waals surface area contributed by atoms with Crippen molar-refractivity contribution in [1.82, 2.24) is 10.6 Å². The van der Waals surface area contributed by atoms with Gasteiger partial charge in [0.2, 0.25) is 5.91 Å². The van der Waals surface area contributed by atoms with Crippen molar-refractivity contribution in [2.75, 3.05) is 33.9 Å². The fraction of sp³-hybridized carbons (Fsp3) is 0.917. The van der Waals surface area contributed by atoms with Gasteiger partial charge < -0.3 is 20.1 Å². The minimum Gasteiger partial charge on any atom is -0.354 e. The first kappa shape index (κ1) is 14.4. The second-order valence-electron chi connectivity index (χ2n) is 4.85. The van der Waals surface area contributed by atoms with Gasteiger partial charge in [-0.25, -0.2) is 0 Å². The molecule has 0 saturated carbocycles. The number of hydrogen-bond acceptors (Lipinski definition) is 4. The summed E-state index contributed by atoms with van der Waals surface area (Å²) in [6, 6.07) is 0. The molecule has 1 fully saturated rings. The SMILES string of the molecule is COC(CNC(=O)C1(C(C)C)CCNC1)OC. The smallest absolute Gasteiger partial charge is 0.227 e. The number of hydrogen-bond donors (Lipinski definition) is 2. The molecule has 5 nitrogen and oxygen atoms in total. The van der Waals surface area contributed by atoms with E-state index in [1.54, 1.807) is 14.2 Å². The Morgan fingerprint density at radius 1 is 1.41 bits per heavy atom. The first-order chi connectivity index (χ1) is 8.06.